The van der Waals surface area contributed by atoms with E-state index in [-0.39, 0.29) is 6.03 Å². The number of nitrogens with one attached hydrogen (secondary N) is 1. The molecular weight excluding hydrogens is 518 g/mol. The first-order chi connectivity index (χ1) is 18.9. The fourth-order valence-corrected chi connectivity index (χ4v) is 4.69. The van der Waals surface area contributed by atoms with Crippen LogP contribution in [-0.4, -0.2) is 52.6 Å². The van der Waals surface area contributed by atoms with Crippen LogP contribution in [0.5, 0.6) is 11.5 Å². The Morgan fingerprint density at radius 2 is 1.74 bits per heavy atom. The molecule has 3 aromatic carbocycles. The van der Waals surface area contributed by atoms with Gasteiger partial charge in [0.2, 0.25) is 0 Å². The van der Waals surface area contributed by atoms with Gasteiger partial charge >= 0.3 is 6.03 Å². The summed E-state index contributed by atoms with van der Waals surface area (Å²) in [4.78, 5) is 16.8. The van der Waals surface area contributed by atoms with Crippen LogP contribution in [0.2, 0.25) is 0 Å². The van der Waals surface area contributed by atoms with Gasteiger partial charge in [0.05, 0.1) is 30.3 Å². The van der Waals surface area contributed by atoms with Gasteiger partial charge in [-0.05, 0) is 60.5 Å². The Bertz CT molecular complexity index is 1680. The van der Waals surface area contributed by atoms with E-state index in [1.807, 2.05) is 66.7 Å². The fraction of sp³-hybridized carbons (Fsp3) is 0.179. The third-order valence-corrected chi connectivity index (χ3v) is 6.82. The van der Waals surface area contributed by atoms with E-state index in [4.69, 9.17) is 9.47 Å². The number of ether oxygens (including phenoxy) is 2. The highest BCUT2D eigenvalue weighted by Crippen LogP contribution is 2.23. The second kappa shape index (κ2) is 11.4. The molecule has 10 nitrogen and oxygen atoms in total. The van der Waals surface area contributed by atoms with E-state index >= 15 is 0 Å². The predicted octanol–water partition coefficient (Wildman–Crippen LogP) is 4.31. The largest absolute Gasteiger partial charge is 0.494 e. The molecule has 5 rings (SSSR count). The van der Waals surface area contributed by atoms with Crippen molar-refractivity contribution >= 4 is 27.0 Å². The molecule has 1 amide bonds. The first-order valence-electron chi connectivity index (χ1n) is 12.3. The van der Waals surface area contributed by atoms with Crippen LogP contribution in [0.25, 0.3) is 22.2 Å². The number of carbonyl (C=O) groups is 1. The minimum absolute atomic E-state index is 0.257. The van der Waals surface area contributed by atoms with Crippen molar-refractivity contribution in [3.05, 3.63) is 97.1 Å². The summed E-state index contributed by atoms with van der Waals surface area (Å²) in [5, 5.41) is 7.54. The quantitative estimate of drug-likeness (QED) is 0.260. The van der Waals surface area contributed by atoms with Gasteiger partial charge in [0.25, 0.3) is 10.0 Å². The molecule has 1 N–H and O–H groups in total. The van der Waals surface area contributed by atoms with Crippen molar-refractivity contribution < 1.29 is 22.7 Å². The molecule has 200 valence electrons. The number of imidazole rings is 1. The van der Waals surface area contributed by atoms with Crippen molar-refractivity contribution in [1.82, 2.24) is 24.1 Å². The Hall–Kier alpha value is -4.64. The molecule has 0 unspecified atom stereocenters. The molecule has 0 aliphatic rings. The molecule has 39 heavy (non-hydrogen) atoms. The van der Waals surface area contributed by atoms with Gasteiger partial charge in [0, 0.05) is 23.7 Å². The lowest BCUT2D eigenvalue weighted by Gasteiger charge is -2.08. The number of fused-ring (bicyclic) bond motifs is 1. The van der Waals surface area contributed by atoms with Crippen LogP contribution in [0.1, 0.15) is 12.0 Å². The number of benzene rings is 3. The summed E-state index contributed by atoms with van der Waals surface area (Å²) in [6.45, 7) is 1.30. The Morgan fingerprint density at radius 1 is 0.974 bits per heavy atom. The van der Waals surface area contributed by atoms with Gasteiger partial charge < -0.3 is 14.8 Å². The van der Waals surface area contributed by atoms with Crippen molar-refractivity contribution in [3.63, 3.8) is 0 Å². The van der Waals surface area contributed by atoms with Gasteiger partial charge in [0.15, 0.2) is 0 Å². The maximum atomic E-state index is 12.4. The summed E-state index contributed by atoms with van der Waals surface area (Å²) >= 11 is 0. The van der Waals surface area contributed by atoms with Gasteiger partial charge in [-0.15, -0.1) is 0 Å². The maximum Gasteiger partial charge on any atom is 0.326 e. The average molecular weight is 546 g/mol. The van der Waals surface area contributed by atoms with Crippen LogP contribution in [0.4, 0.5) is 4.79 Å². The topological polar surface area (TPSA) is 117 Å². The molecule has 0 saturated carbocycles. The molecule has 0 radical (unpaired) electrons. The highest BCUT2D eigenvalue weighted by Gasteiger charge is 2.12. The standard InChI is InChI=1S/C28H27N5O5S/c1-39(35,36)33-27-13-8-21(16-23(27)17-31-33)19-38-25-11-9-22(10-12-25)26-18-32(20-30-26)28(34)29-14-5-15-37-24-6-3-2-4-7-24/h2-4,6-13,16-18,20H,5,14-15,19H2,1H3,(H,29,34). The van der Waals surface area contributed by atoms with Crippen LogP contribution < -0.4 is 14.8 Å². The van der Waals surface area contributed by atoms with Crippen molar-refractivity contribution in [2.24, 2.45) is 0 Å². The lowest BCUT2D eigenvalue weighted by Crippen LogP contribution is -2.29. The third kappa shape index (κ3) is 6.44. The molecule has 0 aliphatic heterocycles. The molecule has 11 heteroatoms. The van der Waals surface area contributed by atoms with Crippen LogP contribution in [0.3, 0.4) is 0 Å². The van der Waals surface area contributed by atoms with E-state index in [2.05, 4.69) is 15.4 Å². The first-order valence-corrected chi connectivity index (χ1v) is 14.1. The summed E-state index contributed by atoms with van der Waals surface area (Å²) in [6.07, 6.45) is 6.48. The molecule has 0 fully saturated rings. The molecule has 5 aromatic rings. The number of hydrogen-bond donors (Lipinski definition) is 1. The van der Waals surface area contributed by atoms with Crippen LogP contribution >= 0.6 is 0 Å². The predicted molar refractivity (Wildman–Crippen MR) is 147 cm³/mol. The van der Waals surface area contributed by atoms with Gasteiger partial charge in [-0.1, -0.05) is 24.3 Å². The summed E-state index contributed by atoms with van der Waals surface area (Å²) in [6, 6.07) is 22.1. The van der Waals surface area contributed by atoms with Gasteiger partial charge in [-0.2, -0.15) is 9.19 Å². The molecule has 2 aromatic heterocycles. The lowest BCUT2D eigenvalue weighted by molar-refractivity contribution is 0.240. The minimum Gasteiger partial charge on any atom is -0.494 e. The van der Waals surface area contributed by atoms with Crippen molar-refractivity contribution in [2.45, 2.75) is 13.0 Å². The number of aromatic nitrogens is 4. The monoisotopic (exact) mass is 545 g/mol. The Balaban J connectivity index is 1.11. The van der Waals surface area contributed by atoms with E-state index < -0.39 is 10.0 Å². The molecule has 0 bridgehead atoms. The zero-order chi connectivity index (χ0) is 27.2. The summed E-state index contributed by atoms with van der Waals surface area (Å²) < 4.78 is 37.6. The summed E-state index contributed by atoms with van der Waals surface area (Å²) in [5.74, 6) is 1.47. The molecule has 2 heterocycles. The molecule has 0 saturated heterocycles. The zero-order valence-corrected chi connectivity index (χ0v) is 22.0. The SMILES string of the molecule is CS(=O)(=O)n1ncc2cc(COc3ccc(-c4cn(C(=O)NCCCOc5ccccc5)cn4)cc3)ccc21. The zero-order valence-electron chi connectivity index (χ0n) is 21.2. The normalized spacial score (nSPS) is 11.4. The number of rotatable bonds is 10. The number of carbonyl (C=O) groups excluding carboxylic acids is 1. The first kappa shape index (κ1) is 26.0. The molecular formula is C28H27N5O5S. The Morgan fingerprint density at radius 3 is 2.51 bits per heavy atom. The highest BCUT2D eigenvalue weighted by molar-refractivity contribution is 7.89. The number of nitrogens with zero attached hydrogens (tertiary/aromatic N) is 4. The molecule has 0 aliphatic carbocycles. The van der Waals surface area contributed by atoms with Gasteiger partial charge in [-0.25, -0.2) is 18.2 Å². The van der Waals surface area contributed by atoms with Crippen LogP contribution in [0, 0.1) is 0 Å². The second-order valence-electron chi connectivity index (χ2n) is 8.87. The van der Waals surface area contributed by atoms with Crippen molar-refractivity contribution in [1.29, 1.82) is 0 Å². The molecule has 0 spiro atoms. The summed E-state index contributed by atoms with van der Waals surface area (Å²) in [7, 11) is -3.46. The summed E-state index contributed by atoms with van der Waals surface area (Å²) in [5.41, 5.74) is 2.92. The average Bonchev–Trinajstić information content (AvgIpc) is 3.60. The van der Waals surface area contributed by atoms with Crippen molar-refractivity contribution in [2.75, 3.05) is 19.4 Å². The van der Waals surface area contributed by atoms with E-state index in [9.17, 15) is 13.2 Å². The molecule has 0 atom stereocenters. The smallest absolute Gasteiger partial charge is 0.326 e. The minimum atomic E-state index is -3.46. The fourth-order valence-electron chi connectivity index (χ4n) is 3.95. The van der Waals surface area contributed by atoms with E-state index in [0.717, 1.165) is 32.6 Å². The highest BCUT2D eigenvalue weighted by atomic mass is 32.2. The lowest BCUT2D eigenvalue weighted by atomic mass is 10.1. The Kier molecular flexibility index (Phi) is 7.60. The van der Waals surface area contributed by atoms with Crippen LogP contribution in [-0.2, 0) is 16.6 Å². The van der Waals surface area contributed by atoms with Crippen molar-refractivity contribution in [3.8, 4) is 22.8 Å². The van der Waals surface area contributed by atoms with E-state index in [1.54, 1.807) is 12.3 Å². The van der Waals surface area contributed by atoms with E-state index in [0.29, 0.717) is 43.1 Å². The number of para-hydroxylation sites is 1. The second-order valence-corrected chi connectivity index (χ2v) is 10.7. The van der Waals surface area contributed by atoms with Gasteiger partial charge in [-0.3, -0.25) is 4.57 Å². The van der Waals surface area contributed by atoms with E-state index in [1.165, 1.54) is 17.1 Å². The van der Waals surface area contributed by atoms with Crippen LogP contribution in [0.15, 0.2) is 91.5 Å². The third-order valence-electron chi connectivity index (χ3n) is 5.90. The maximum absolute atomic E-state index is 12.4. The Labute approximate surface area is 225 Å². The van der Waals surface area contributed by atoms with Gasteiger partial charge in [0.1, 0.15) is 24.4 Å². The number of amides is 1. The number of hydrogen-bond acceptors (Lipinski definition) is 7.